The van der Waals surface area contributed by atoms with E-state index in [4.69, 9.17) is 28.6 Å². The Labute approximate surface area is 225 Å². The van der Waals surface area contributed by atoms with Gasteiger partial charge in [0, 0.05) is 30.2 Å². The number of morpholine rings is 1. The molecule has 1 aromatic carbocycles. The maximum atomic E-state index is 13.5. The molecule has 4 rings (SSSR count). The van der Waals surface area contributed by atoms with Crippen LogP contribution in [0.1, 0.15) is 42.0 Å². The fourth-order valence-corrected chi connectivity index (χ4v) is 5.78. The summed E-state index contributed by atoms with van der Waals surface area (Å²) in [6.07, 6.45) is 3.49. The van der Waals surface area contributed by atoms with Gasteiger partial charge in [-0.15, -0.1) is 0 Å². The normalized spacial score (nSPS) is 17.2. The Hall–Kier alpha value is -2.64. The zero-order chi connectivity index (χ0) is 25.8. The molecule has 0 saturated carbocycles. The molecule has 1 amide bonds. The molecule has 3 heterocycles. The topological polar surface area (TPSA) is 78.6 Å². The van der Waals surface area contributed by atoms with Crippen LogP contribution < -0.4 is 10.5 Å². The Kier molecular flexibility index (Phi) is 8.52. The van der Waals surface area contributed by atoms with Crippen molar-refractivity contribution in [3.63, 3.8) is 0 Å². The van der Waals surface area contributed by atoms with Crippen molar-refractivity contribution in [2.24, 2.45) is 0 Å². The summed E-state index contributed by atoms with van der Waals surface area (Å²) in [5, 5.41) is 10.4. The van der Waals surface area contributed by atoms with Gasteiger partial charge < -0.3 is 9.64 Å². The van der Waals surface area contributed by atoms with Gasteiger partial charge in [0.25, 0.3) is 11.5 Å². The highest BCUT2D eigenvalue weighted by Gasteiger charge is 2.34. The average Bonchev–Trinajstić information content (AvgIpc) is 3.14. The van der Waals surface area contributed by atoms with E-state index in [9.17, 15) is 14.9 Å². The van der Waals surface area contributed by atoms with Crippen molar-refractivity contribution in [3.8, 4) is 6.07 Å². The molecule has 2 aromatic rings. The number of thioether (sulfide) groups is 1. The summed E-state index contributed by atoms with van der Waals surface area (Å²) >= 11 is 13.1. The first-order valence-electron chi connectivity index (χ1n) is 11.9. The van der Waals surface area contributed by atoms with Gasteiger partial charge in [-0.2, -0.15) is 5.26 Å². The molecule has 0 N–H and O–H groups in total. The van der Waals surface area contributed by atoms with Crippen LogP contribution in [0.2, 0.25) is 5.02 Å². The molecule has 2 saturated heterocycles. The number of unbranched alkanes of at least 4 members (excludes halogenated alkanes) is 1. The van der Waals surface area contributed by atoms with E-state index < -0.39 is 0 Å². The van der Waals surface area contributed by atoms with Gasteiger partial charge in [0.15, 0.2) is 0 Å². The number of benzene rings is 1. The summed E-state index contributed by atoms with van der Waals surface area (Å²) in [6.45, 7) is 6.91. The lowest BCUT2D eigenvalue weighted by molar-refractivity contribution is -0.122. The first kappa shape index (κ1) is 26.4. The van der Waals surface area contributed by atoms with Gasteiger partial charge in [0.05, 0.1) is 24.7 Å². The fraction of sp³-hybridized carbons (Fsp3) is 0.385. The molecule has 36 heavy (non-hydrogen) atoms. The van der Waals surface area contributed by atoms with Crippen molar-refractivity contribution in [1.82, 2.24) is 9.47 Å². The quantitative estimate of drug-likeness (QED) is 0.370. The molecule has 2 aliphatic heterocycles. The molecule has 1 aromatic heterocycles. The Balaban J connectivity index is 1.82. The van der Waals surface area contributed by atoms with Crippen LogP contribution in [0.5, 0.6) is 0 Å². The van der Waals surface area contributed by atoms with Gasteiger partial charge in [0.1, 0.15) is 21.8 Å². The maximum absolute atomic E-state index is 13.5. The zero-order valence-corrected chi connectivity index (χ0v) is 22.6. The molecule has 0 bridgehead atoms. The van der Waals surface area contributed by atoms with Gasteiger partial charge >= 0.3 is 0 Å². The molecule has 0 aliphatic carbocycles. The molecule has 2 fully saturated rings. The number of pyridine rings is 1. The van der Waals surface area contributed by atoms with Crippen LogP contribution >= 0.6 is 35.6 Å². The van der Waals surface area contributed by atoms with Crippen molar-refractivity contribution in [2.75, 3.05) is 31.2 Å². The van der Waals surface area contributed by atoms with E-state index in [1.165, 1.54) is 16.7 Å². The predicted molar refractivity (Wildman–Crippen MR) is 148 cm³/mol. The van der Waals surface area contributed by atoms with E-state index in [0.717, 1.165) is 24.2 Å². The van der Waals surface area contributed by atoms with E-state index >= 15 is 0 Å². The predicted octanol–water partition coefficient (Wildman–Crippen LogP) is 4.72. The van der Waals surface area contributed by atoms with E-state index in [1.807, 2.05) is 18.2 Å². The number of rotatable bonds is 7. The van der Waals surface area contributed by atoms with Crippen molar-refractivity contribution in [2.45, 2.75) is 39.8 Å². The second kappa shape index (κ2) is 11.6. The van der Waals surface area contributed by atoms with Crippen LogP contribution in [0.4, 0.5) is 5.82 Å². The highest BCUT2D eigenvalue weighted by Crippen LogP contribution is 2.37. The van der Waals surface area contributed by atoms with Gasteiger partial charge in [-0.25, -0.2) is 0 Å². The second-order valence-electron chi connectivity index (χ2n) is 8.62. The Morgan fingerprint density at radius 1 is 1.25 bits per heavy atom. The minimum absolute atomic E-state index is 0.0981. The van der Waals surface area contributed by atoms with Crippen LogP contribution in [-0.4, -0.2) is 46.0 Å². The fourth-order valence-electron chi connectivity index (χ4n) is 4.35. The third-order valence-electron chi connectivity index (χ3n) is 6.33. The van der Waals surface area contributed by atoms with Crippen molar-refractivity contribution < 1.29 is 9.53 Å². The summed E-state index contributed by atoms with van der Waals surface area (Å²) in [5.41, 5.74) is 1.87. The number of aromatic nitrogens is 1. The number of hydrogen-bond acceptors (Lipinski definition) is 7. The number of nitrogens with zero attached hydrogens (tertiary/aromatic N) is 4. The Morgan fingerprint density at radius 2 is 1.97 bits per heavy atom. The lowest BCUT2D eigenvalue weighted by Gasteiger charge is -2.33. The Morgan fingerprint density at radius 3 is 2.64 bits per heavy atom. The molecule has 188 valence electrons. The number of amides is 1. The van der Waals surface area contributed by atoms with Gasteiger partial charge in [-0.05, 0) is 36.6 Å². The number of anilines is 1. The van der Waals surface area contributed by atoms with E-state index in [1.54, 1.807) is 23.6 Å². The summed E-state index contributed by atoms with van der Waals surface area (Å²) in [4.78, 5) is 30.9. The summed E-state index contributed by atoms with van der Waals surface area (Å²) < 4.78 is 7.68. The number of halogens is 1. The molecule has 0 atom stereocenters. The third-order valence-corrected chi connectivity index (χ3v) is 8.07. The Bertz CT molecular complexity index is 1330. The number of thiocarbonyl (C=S) groups is 1. The van der Waals surface area contributed by atoms with Crippen LogP contribution in [0.15, 0.2) is 34.0 Å². The van der Waals surface area contributed by atoms with Crippen LogP contribution in [0.3, 0.4) is 0 Å². The summed E-state index contributed by atoms with van der Waals surface area (Å²) in [7, 11) is 0. The first-order chi connectivity index (χ1) is 17.4. The smallest absolute Gasteiger partial charge is 0.270 e. The standard InChI is InChI=1S/C26H27ClN4O3S2/c1-3-4-9-30-23(29-10-12-34-13-11-29)19(17(2)20(15-28)24(30)32)14-22-25(33)31(26(35)36-22)16-18-7-5-6-8-21(18)27/h5-8,14H,3-4,9-13,16H2,1-2H3/b22-14+. The third kappa shape index (κ3) is 5.23. The van der Waals surface area contributed by atoms with E-state index in [2.05, 4.69) is 17.9 Å². The molecule has 0 radical (unpaired) electrons. The molecular formula is C26H27ClN4O3S2. The van der Waals surface area contributed by atoms with E-state index in [-0.39, 0.29) is 23.6 Å². The van der Waals surface area contributed by atoms with Gasteiger partial charge in [-0.3, -0.25) is 19.1 Å². The molecule has 0 unspecified atom stereocenters. The average molecular weight is 543 g/mol. The van der Waals surface area contributed by atoms with Gasteiger partial charge in [0.2, 0.25) is 0 Å². The van der Waals surface area contributed by atoms with E-state index in [0.29, 0.717) is 58.2 Å². The largest absolute Gasteiger partial charge is 0.378 e. The highest BCUT2D eigenvalue weighted by molar-refractivity contribution is 8.26. The molecule has 10 heteroatoms. The van der Waals surface area contributed by atoms with Crippen molar-refractivity contribution in [3.05, 3.63) is 66.8 Å². The highest BCUT2D eigenvalue weighted by atomic mass is 35.5. The lowest BCUT2D eigenvalue weighted by Crippen LogP contribution is -2.41. The van der Waals surface area contributed by atoms with Gasteiger partial charge in [-0.1, -0.05) is 67.1 Å². The lowest BCUT2D eigenvalue weighted by atomic mass is 10.0. The summed E-state index contributed by atoms with van der Waals surface area (Å²) in [6, 6.07) is 9.46. The second-order valence-corrected chi connectivity index (χ2v) is 10.7. The zero-order valence-electron chi connectivity index (χ0n) is 20.3. The SMILES string of the molecule is CCCCn1c(N2CCOCC2)c(/C=C2/SC(=S)N(Cc3ccccc3Cl)C2=O)c(C)c(C#N)c1=O. The van der Waals surface area contributed by atoms with Crippen LogP contribution in [0, 0.1) is 18.3 Å². The number of ether oxygens (including phenoxy) is 1. The summed E-state index contributed by atoms with van der Waals surface area (Å²) in [5.74, 6) is 0.506. The minimum atomic E-state index is -0.298. The van der Waals surface area contributed by atoms with Crippen LogP contribution in [-0.2, 0) is 22.6 Å². The number of carbonyl (C=O) groups excluding carboxylic acids is 1. The van der Waals surface area contributed by atoms with Crippen molar-refractivity contribution in [1.29, 1.82) is 5.26 Å². The molecule has 0 spiro atoms. The molecular weight excluding hydrogens is 516 g/mol. The monoisotopic (exact) mass is 542 g/mol. The molecule has 2 aliphatic rings. The number of nitriles is 1. The maximum Gasteiger partial charge on any atom is 0.270 e. The minimum Gasteiger partial charge on any atom is -0.378 e. The first-order valence-corrected chi connectivity index (χ1v) is 13.5. The van der Waals surface area contributed by atoms with Crippen LogP contribution in [0.25, 0.3) is 6.08 Å². The van der Waals surface area contributed by atoms with Crippen molar-refractivity contribution >= 4 is 57.7 Å². The molecule has 7 nitrogen and oxygen atoms in total. The number of hydrogen-bond donors (Lipinski definition) is 0. The number of carbonyl (C=O) groups is 1.